The number of aliphatic imine (C=N–C) groups is 1. The predicted octanol–water partition coefficient (Wildman–Crippen LogP) is 0.347. The van der Waals surface area contributed by atoms with Crippen LogP contribution in [0.15, 0.2) is 4.99 Å². The highest BCUT2D eigenvalue weighted by Crippen LogP contribution is 2.14. The van der Waals surface area contributed by atoms with Crippen LogP contribution in [0.4, 0.5) is 0 Å². The zero-order chi connectivity index (χ0) is 9.30. The molecular formula is C8H13NO3. The van der Waals surface area contributed by atoms with Crippen LogP contribution in [0.3, 0.4) is 0 Å². The number of aliphatic hydroxyl groups excluding tert-OH is 1. The normalized spacial score (nSPS) is 25.6. The zero-order valence-electron chi connectivity index (χ0n) is 7.44. The van der Waals surface area contributed by atoms with Crippen molar-refractivity contribution in [2.24, 2.45) is 10.9 Å². The standard InChI is InChI=1S/C8H13NO3/c1-4(2)6-8(11)12-7(9-6)5(3)10/h4-5,7,10H,1-3H3. The van der Waals surface area contributed by atoms with Crippen molar-refractivity contribution in [2.75, 3.05) is 0 Å². The van der Waals surface area contributed by atoms with Gasteiger partial charge in [-0.15, -0.1) is 0 Å². The third kappa shape index (κ3) is 1.64. The number of carbonyl (C=O) groups is 1. The largest absolute Gasteiger partial charge is 0.432 e. The van der Waals surface area contributed by atoms with Gasteiger partial charge < -0.3 is 9.84 Å². The SMILES string of the molecule is CC(C)C1=NC(C(C)O)OC1=O. The van der Waals surface area contributed by atoms with Crippen molar-refractivity contribution in [3.63, 3.8) is 0 Å². The van der Waals surface area contributed by atoms with Gasteiger partial charge in [0.05, 0.1) is 0 Å². The van der Waals surface area contributed by atoms with E-state index in [1.807, 2.05) is 13.8 Å². The molecule has 1 aliphatic rings. The van der Waals surface area contributed by atoms with E-state index in [0.717, 1.165) is 0 Å². The van der Waals surface area contributed by atoms with Crippen molar-refractivity contribution >= 4 is 11.7 Å². The van der Waals surface area contributed by atoms with Crippen molar-refractivity contribution in [1.29, 1.82) is 0 Å². The molecule has 0 radical (unpaired) electrons. The van der Waals surface area contributed by atoms with Crippen molar-refractivity contribution < 1.29 is 14.6 Å². The second kappa shape index (κ2) is 3.23. The lowest BCUT2D eigenvalue weighted by Gasteiger charge is -2.08. The first kappa shape index (κ1) is 9.19. The summed E-state index contributed by atoms with van der Waals surface area (Å²) in [4.78, 5) is 15.0. The van der Waals surface area contributed by atoms with E-state index in [0.29, 0.717) is 5.71 Å². The highest BCUT2D eigenvalue weighted by Gasteiger charge is 2.31. The molecule has 1 aliphatic heterocycles. The van der Waals surface area contributed by atoms with Gasteiger partial charge in [-0.3, -0.25) is 0 Å². The fourth-order valence-electron chi connectivity index (χ4n) is 0.977. The summed E-state index contributed by atoms with van der Waals surface area (Å²) >= 11 is 0. The summed E-state index contributed by atoms with van der Waals surface area (Å²) in [5, 5.41) is 9.09. The lowest BCUT2D eigenvalue weighted by Crippen LogP contribution is -2.22. The van der Waals surface area contributed by atoms with Gasteiger partial charge in [0.1, 0.15) is 11.8 Å². The van der Waals surface area contributed by atoms with E-state index in [9.17, 15) is 4.79 Å². The molecule has 0 saturated heterocycles. The number of nitrogens with zero attached hydrogens (tertiary/aromatic N) is 1. The Morgan fingerprint density at radius 1 is 1.50 bits per heavy atom. The number of rotatable bonds is 2. The molecule has 68 valence electrons. The molecule has 0 saturated carbocycles. The van der Waals surface area contributed by atoms with Gasteiger partial charge >= 0.3 is 5.97 Å². The molecule has 0 spiro atoms. The Labute approximate surface area is 71.3 Å². The summed E-state index contributed by atoms with van der Waals surface area (Å²) in [6, 6.07) is 0. The topological polar surface area (TPSA) is 58.9 Å². The van der Waals surface area contributed by atoms with Gasteiger partial charge in [0.15, 0.2) is 0 Å². The van der Waals surface area contributed by atoms with Gasteiger partial charge in [-0.05, 0) is 6.92 Å². The first-order valence-corrected chi connectivity index (χ1v) is 3.99. The minimum atomic E-state index is -0.731. The number of ether oxygens (including phenoxy) is 1. The number of esters is 1. The fourth-order valence-corrected chi connectivity index (χ4v) is 0.977. The van der Waals surface area contributed by atoms with E-state index in [1.165, 1.54) is 0 Å². The Bertz CT molecular complexity index is 220. The maximum atomic E-state index is 11.1. The molecule has 1 rings (SSSR count). The molecule has 0 fully saturated rings. The Kier molecular flexibility index (Phi) is 2.47. The van der Waals surface area contributed by atoms with Crippen molar-refractivity contribution in [1.82, 2.24) is 0 Å². The maximum Gasteiger partial charge on any atom is 0.354 e. The van der Waals surface area contributed by atoms with Crippen molar-refractivity contribution in [3.05, 3.63) is 0 Å². The van der Waals surface area contributed by atoms with Crippen LogP contribution in [-0.4, -0.2) is 29.1 Å². The number of cyclic esters (lactones) is 1. The molecule has 0 aliphatic carbocycles. The average molecular weight is 171 g/mol. The molecule has 0 aromatic carbocycles. The first-order chi connectivity index (χ1) is 5.52. The average Bonchev–Trinajstić information content (AvgIpc) is 2.30. The molecule has 4 heteroatoms. The molecule has 12 heavy (non-hydrogen) atoms. The van der Waals surface area contributed by atoms with Crippen LogP contribution in [0.25, 0.3) is 0 Å². The molecule has 1 heterocycles. The zero-order valence-corrected chi connectivity index (χ0v) is 7.44. The second-order valence-corrected chi connectivity index (χ2v) is 3.21. The van der Waals surface area contributed by atoms with Gasteiger partial charge in [0.25, 0.3) is 0 Å². The first-order valence-electron chi connectivity index (χ1n) is 3.99. The number of aliphatic hydroxyl groups is 1. The minimum Gasteiger partial charge on any atom is -0.432 e. The molecule has 0 aromatic heterocycles. The highest BCUT2D eigenvalue weighted by molar-refractivity contribution is 6.38. The Balaban J connectivity index is 2.75. The number of carbonyl (C=O) groups excluding carboxylic acids is 1. The highest BCUT2D eigenvalue weighted by atomic mass is 16.6. The van der Waals surface area contributed by atoms with Gasteiger partial charge in [-0.25, -0.2) is 9.79 Å². The summed E-state index contributed by atoms with van der Waals surface area (Å²) in [5.41, 5.74) is 0.418. The van der Waals surface area contributed by atoms with E-state index in [1.54, 1.807) is 6.92 Å². The maximum absolute atomic E-state index is 11.1. The molecular weight excluding hydrogens is 158 g/mol. The van der Waals surface area contributed by atoms with Crippen molar-refractivity contribution in [3.8, 4) is 0 Å². The summed E-state index contributed by atoms with van der Waals surface area (Å²) < 4.78 is 4.80. The molecule has 1 N–H and O–H groups in total. The Hall–Kier alpha value is -0.900. The molecule has 2 atom stereocenters. The minimum absolute atomic E-state index is 0.0567. The van der Waals surface area contributed by atoms with Crippen LogP contribution in [0.2, 0.25) is 0 Å². The van der Waals surface area contributed by atoms with Crippen LogP contribution in [0.1, 0.15) is 20.8 Å². The van der Waals surface area contributed by atoms with Gasteiger partial charge in [-0.1, -0.05) is 13.8 Å². The van der Waals surface area contributed by atoms with Crippen LogP contribution in [0.5, 0.6) is 0 Å². The van der Waals surface area contributed by atoms with Gasteiger partial charge in [0.2, 0.25) is 6.23 Å². The Morgan fingerprint density at radius 2 is 2.08 bits per heavy atom. The number of hydrogen-bond acceptors (Lipinski definition) is 4. The summed E-state index contributed by atoms with van der Waals surface area (Å²) in [5.74, 6) is -0.350. The lowest BCUT2D eigenvalue weighted by atomic mass is 10.1. The predicted molar refractivity (Wildman–Crippen MR) is 43.8 cm³/mol. The third-order valence-corrected chi connectivity index (χ3v) is 1.66. The lowest BCUT2D eigenvalue weighted by molar-refractivity contribution is -0.142. The second-order valence-electron chi connectivity index (χ2n) is 3.21. The van der Waals surface area contributed by atoms with E-state index >= 15 is 0 Å². The van der Waals surface area contributed by atoms with E-state index < -0.39 is 18.3 Å². The van der Waals surface area contributed by atoms with E-state index in [-0.39, 0.29) is 5.92 Å². The quantitative estimate of drug-likeness (QED) is 0.610. The summed E-state index contributed by atoms with van der Waals surface area (Å²) in [6.07, 6.45) is -1.43. The van der Waals surface area contributed by atoms with Gasteiger partial charge in [0, 0.05) is 5.92 Å². The van der Waals surface area contributed by atoms with Crippen LogP contribution in [-0.2, 0) is 9.53 Å². The molecule has 2 unspecified atom stereocenters. The molecule has 4 nitrogen and oxygen atoms in total. The van der Waals surface area contributed by atoms with Gasteiger partial charge in [-0.2, -0.15) is 0 Å². The molecule has 0 bridgehead atoms. The van der Waals surface area contributed by atoms with Crippen molar-refractivity contribution in [2.45, 2.75) is 33.1 Å². The Morgan fingerprint density at radius 3 is 2.33 bits per heavy atom. The third-order valence-electron chi connectivity index (χ3n) is 1.66. The molecule has 0 aromatic rings. The fraction of sp³-hybridized carbons (Fsp3) is 0.750. The molecule has 0 amide bonds. The van der Waals surface area contributed by atoms with Crippen LogP contribution < -0.4 is 0 Å². The van der Waals surface area contributed by atoms with E-state index in [4.69, 9.17) is 9.84 Å². The summed E-state index contributed by atoms with van der Waals surface area (Å²) in [6.45, 7) is 5.28. The van der Waals surface area contributed by atoms with Crippen LogP contribution >= 0.6 is 0 Å². The summed E-state index contributed by atoms with van der Waals surface area (Å²) in [7, 11) is 0. The van der Waals surface area contributed by atoms with E-state index in [2.05, 4.69) is 4.99 Å². The number of hydrogen-bond donors (Lipinski definition) is 1. The smallest absolute Gasteiger partial charge is 0.354 e. The monoisotopic (exact) mass is 171 g/mol. The van der Waals surface area contributed by atoms with Crippen LogP contribution in [0, 0.1) is 5.92 Å².